The van der Waals surface area contributed by atoms with Crippen LogP contribution in [0.1, 0.15) is 45.4 Å². The summed E-state index contributed by atoms with van der Waals surface area (Å²) < 4.78 is 0. The molecule has 4 unspecified atom stereocenters. The van der Waals surface area contributed by atoms with E-state index < -0.39 is 0 Å². The molecule has 0 aromatic heterocycles. The number of rotatable bonds is 5. The zero-order valence-corrected chi connectivity index (χ0v) is 12.4. The quantitative estimate of drug-likeness (QED) is 0.783. The first-order valence-electron chi connectivity index (χ1n) is 7.81. The zero-order valence-electron chi connectivity index (χ0n) is 12.4. The first-order chi connectivity index (χ1) is 8.68. The van der Waals surface area contributed by atoms with Crippen molar-refractivity contribution in [3.63, 3.8) is 0 Å². The molecule has 2 aliphatic rings. The van der Waals surface area contributed by atoms with Gasteiger partial charge in [-0.2, -0.15) is 0 Å². The van der Waals surface area contributed by atoms with Crippen LogP contribution in [0.25, 0.3) is 0 Å². The Hall–Kier alpha value is -0.120. The molecule has 0 bridgehead atoms. The highest BCUT2D eigenvalue weighted by Crippen LogP contribution is 2.30. The Morgan fingerprint density at radius 3 is 2.61 bits per heavy atom. The zero-order chi connectivity index (χ0) is 13.0. The van der Waals surface area contributed by atoms with Gasteiger partial charge in [0.15, 0.2) is 0 Å². The summed E-state index contributed by atoms with van der Waals surface area (Å²) in [6, 6.07) is 2.17. The number of nitrogens with one attached hydrogen (secondary N) is 2. The molecule has 0 aromatic rings. The minimum atomic E-state index is 0.629. The Morgan fingerprint density at radius 2 is 1.94 bits per heavy atom. The summed E-state index contributed by atoms with van der Waals surface area (Å²) in [5, 5.41) is 7.56. The fourth-order valence-electron chi connectivity index (χ4n) is 3.48. The Labute approximate surface area is 113 Å². The maximum absolute atomic E-state index is 3.85. The van der Waals surface area contributed by atoms with Crippen molar-refractivity contribution >= 4 is 0 Å². The van der Waals surface area contributed by atoms with Crippen LogP contribution in [0.15, 0.2) is 0 Å². The van der Waals surface area contributed by atoms with Gasteiger partial charge in [0.05, 0.1) is 0 Å². The molecule has 0 radical (unpaired) electrons. The van der Waals surface area contributed by atoms with Gasteiger partial charge in [0, 0.05) is 24.7 Å². The average Bonchev–Trinajstić information content (AvgIpc) is 2.89. The first-order valence-corrected chi connectivity index (χ1v) is 7.81. The maximum Gasteiger partial charge on any atom is 0.0186 e. The highest BCUT2D eigenvalue weighted by Gasteiger charge is 2.33. The van der Waals surface area contributed by atoms with Gasteiger partial charge in [0.1, 0.15) is 0 Å². The van der Waals surface area contributed by atoms with Crippen molar-refractivity contribution in [2.75, 3.05) is 27.2 Å². The van der Waals surface area contributed by atoms with Gasteiger partial charge in [-0.15, -0.1) is 0 Å². The van der Waals surface area contributed by atoms with Crippen LogP contribution in [0.5, 0.6) is 0 Å². The summed E-state index contributed by atoms with van der Waals surface area (Å²) >= 11 is 0. The molecule has 1 aliphatic heterocycles. The van der Waals surface area contributed by atoms with E-state index in [0.29, 0.717) is 6.04 Å². The summed E-state index contributed by atoms with van der Waals surface area (Å²) in [7, 11) is 4.34. The van der Waals surface area contributed by atoms with Crippen LogP contribution in [0.3, 0.4) is 0 Å². The topological polar surface area (TPSA) is 27.3 Å². The van der Waals surface area contributed by atoms with E-state index >= 15 is 0 Å². The van der Waals surface area contributed by atoms with Crippen LogP contribution >= 0.6 is 0 Å². The summed E-state index contributed by atoms with van der Waals surface area (Å²) in [5.74, 6) is 0.871. The van der Waals surface area contributed by atoms with Gasteiger partial charge in [-0.25, -0.2) is 0 Å². The van der Waals surface area contributed by atoms with Crippen molar-refractivity contribution in [3.05, 3.63) is 0 Å². The van der Waals surface area contributed by atoms with E-state index in [1.165, 1.54) is 45.1 Å². The van der Waals surface area contributed by atoms with E-state index in [-0.39, 0.29) is 0 Å². The fourth-order valence-corrected chi connectivity index (χ4v) is 3.48. The third kappa shape index (κ3) is 3.69. The molecule has 4 atom stereocenters. The van der Waals surface area contributed by atoms with Gasteiger partial charge in [0.25, 0.3) is 0 Å². The number of hydrogen-bond donors (Lipinski definition) is 2. The van der Waals surface area contributed by atoms with E-state index in [1.807, 2.05) is 0 Å². The van der Waals surface area contributed by atoms with Crippen molar-refractivity contribution in [1.29, 1.82) is 0 Å². The number of hydrogen-bond acceptors (Lipinski definition) is 3. The van der Waals surface area contributed by atoms with Crippen LogP contribution in [0, 0.1) is 5.92 Å². The second kappa shape index (κ2) is 6.88. The lowest BCUT2D eigenvalue weighted by Crippen LogP contribution is -2.49. The summed E-state index contributed by atoms with van der Waals surface area (Å²) in [5.41, 5.74) is 0. The molecule has 2 N–H and O–H groups in total. The van der Waals surface area contributed by atoms with Crippen molar-refractivity contribution in [3.8, 4) is 0 Å². The predicted octanol–water partition coefficient (Wildman–Crippen LogP) is 1.84. The van der Waals surface area contributed by atoms with Crippen LogP contribution in [-0.2, 0) is 0 Å². The molecule has 3 nitrogen and oxygen atoms in total. The van der Waals surface area contributed by atoms with Gasteiger partial charge in [-0.1, -0.05) is 12.8 Å². The average molecular weight is 253 g/mol. The molecule has 3 heteroatoms. The monoisotopic (exact) mass is 253 g/mol. The minimum absolute atomic E-state index is 0.629. The van der Waals surface area contributed by atoms with E-state index in [1.54, 1.807) is 0 Å². The Morgan fingerprint density at radius 1 is 1.17 bits per heavy atom. The lowest BCUT2D eigenvalue weighted by Gasteiger charge is -2.37. The van der Waals surface area contributed by atoms with Gasteiger partial charge in [0.2, 0.25) is 0 Å². The van der Waals surface area contributed by atoms with E-state index in [9.17, 15) is 0 Å². The second-order valence-electron chi connectivity index (χ2n) is 6.48. The maximum atomic E-state index is 3.85. The molecule has 0 aromatic carbocycles. The van der Waals surface area contributed by atoms with Crippen molar-refractivity contribution in [2.45, 2.75) is 63.6 Å². The lowest BCUT2D eigenvalue weighted by molar-refractivity contribution is 0.198. The molecule has 1 aliphatic carbocycles. The second-order valence-corrected chi connectivity index (χ2v) is 6.48. The Kier molecular flexibility index (Phi) is 5.46. The van der Waals surface area contributed by atoms with Gasteiger partial charge in [-0.3, -0.25) is 0 Å². The number of nitrogens with zero attached hydrogens (tertiary/aromatic N) is 1. The number of likely N-dealkylation sites (N-methyl/N-ethyl adjacent to an activating group) is 1. The van der Waals surface area contributed by atoms with Crippen molar-refractivity contribution in [1.82, 2.24) is 15.5 Å². The van der Waals surface area contributed by atoms with Crippen LogP contribution in [0.4, 0.5) is 0 Å². The SMILES string of the molecule is CC(CNC1CCCCC1C1CCCN1)N(C)C. The van der Waals surface area contributed by atoms with E-state index in [4.69, 9.17) is 0 Å². The normalized spacial score (nSPS) is 35.0. The van der Waals surface area contributed by atoms with Crippen LogP contribution in [-0.4, -0.2) is 50.2 Å². The summed E-state index contributed by atoms with van der Waals surface area (Å²) in [6.45, 7) is 4.67. The fraction of sp³-hybridized carbons (Fsp3) is 1.00. The molecule has 1 saturated heterocycles. The predicted molar refractivity (Wildman–Crippen MR) is 77.9 cm³/mol. The molecule has 0 amide bonds. The molecular formula is C15H31N3. The van der Waals surface area contributed by atoms with Gasteiger partial charge in [-0.05, 0) is 59.2 Å². The van der Waals surface area contributed by atoms with E-state index in [2.05, 4.69) is 36.6 Å². The molecule has 1 saturated carbocycles. The third-order valence-corrected chi connectivity index (χ3v) is 4.99. The minimum Gasteiger partial charge on any atom is -0.314 e. The summed E-state index contributed by atoms with van der Waals surface area (Å²) in [6.07, 6.45) is 8.42. The highest BCUT2D eigenvalue weighted by atomic mass is 15.1. The highest BCUT2D eigenvalue weighted by molar-refractivity contribution is 4.91. The van der Waals surface area contributed by atoms with Crippen molar-refractivity contribution in [2.24, 2.45) is 5.92 Å². The molecule has 2 fully saturated rings. The summed E-state index contributed by atoms with van der Waals surface area (Å²) in [4.78, 5) is 2.30. The smallest absolute Gasteiger partial charge is 0.0186 e. The molecule has 0 spiro atoms. The lowest BCUT2D eigenvalue weighted by atomic mass is 9.79. The molecule has 1 heterocycles. The van der Waals surface area contributed by atoms with Crippen molar-refractivity contribution < 1.29 is 0 Å². The molecular weight excluding hydrogens is 222 g/mol. The Balaban J connectivity index is 1.83. The molecule has 18 heavy (non-hydrogen) atoms. The van der Waals surface area contributed by atoms with Gasteiger partial charge < -0.3 is 15.5 Å². The molecule has 106 valence electrons. The van der Waals surface area contributed by atoms with Crippen LogP contribution in [0.2, 0.25) is 0 Å². The first kappa shape index (κ1) is 14.3. The van der Waals surface area contributed by atoms with E-state index in [0.717, 1.165) is 24.5 Å². The molecule has 2 rings (SSSR count). The third-order valence-electron chi connectivity index (χ3n) is 4.99. The van der Waals surface area contributed by atoms with Gasteiger partial charge >= 0.3 is 0 Å². The largest absolute Gasteiger partial charge is 0.314 e. The van der Waals surface area contributed by atoms with Crippen LogP contribution < -0.4 is 10.6 Å². The Bertz CT molecular complexity index is 236. The standard InChI is InChI=1S/C15H31N3/c1-12(18(2)3)11-17-15-8-5-4-7-13(15)14-9-6-10-16-14/h12-17H,4-11H2,1-3H3.